The molecule has 10 nitrogen and oxygen atoms in total. The lowest BCUT2D eigenvalue weighted by Crippen LogP contribution is -2.58. The zero-order valence-corrected chi connectivity index (χ0v) is 40.7. The number of fused-ring (bicyclic) bond motifs is 10. The molecule has 0 aromatic rings. The lowest BCUT2D eigenvalue weighted by atomic mass is 9.43. The average molecular weight is 896 g/mol. The molecule has 1 amide bonds. The summed E-state index contributed by atoms with van der Waals surface area (Å²) in [5.74, 6) is 3.60. The smallest absolute Gasteiger partial charge is 0.345 e. The molecule has 0 aliphatic heterocycles. The highest BCUT2D eigenvalue weighted by Crippen LogP contribution is 2.70. The number of hydrogen-bond acceptors (Lipinski definition) is 8. The zero-order valence-electron chi connectivity index (χ0n) is 40.7. The van der Waals surface area contributed by atoms with Crippen LogP contribution >= 0.6 is 0 Å². The minimum atomic E-state index is -1.19. The number of aliphatic hydroxyl groups excluding tert-OH is 4. The second-order valence-corrected chi connectivity index (χ2v) is 25.1. The number of amides is 1. The van der Waals surface area contributed by atoms with Gasteiger partial charge in [0.1, 0.15) is 0 Å². The summed E-state index contributed by atoms with van der Waals surface area (Å²) in [7, 11) is 0. The summed E-state index contributed by atoms with van der Waals surface area (Å²) in [4.78, 5) is 38.3. The molecule has 0 bridgehead atoms. The highest BCUT2D eigenvalue weighted by atomic mass is 16.6. The first kappa shape index (κ1) is 48.7. The van der Waals surface area contributed by atoms with Crippen LogP contribution in [-0.4, -0.2) is 80.4 Å². The number of aliphatic carboxylic acids is 1. The van der Waals surface area contributed by atoms with Gasteiger partial charge in [-0.05, 0) is 228 Å². The quantitative estimate of drug-likeness (QED) is 0.0693. The van der Waals surface area contributed by atoms with Gasteiger partial charge in [0, 0.05) is 19.4 Å². The summed E-state index contributed by atoms with van der Waals surface area (Å²) < 4.78 is 5.57. The van der Waals surface area contributed by atoms with E-state index in [2.05, 4.69) is 46.9 Å². The van der Waals surface area contributed by atoms with Crippen molar-refractivity contribution < 1.29 is 44.7 Å². The van der Waals surface area contributed by atoms with Gasteiger partial charge in [0.25, 0.3) is 0 Å². The number of carbonyl (C=O) groups excluding carboxylic acids is 2. The van der Waals surface area contributed by atoms with Gasteiger partial charge in [-0.25, -0.2) is 4.79 Å². The molecule has 0 saturated heterocycles. The number of unbranched alkanes of at least 4 members (excludes halogenated alkanes) is 1. The largest absolute Gasteiger partial charge is 0.479 e. The third-order valence-corrected chi connectivity index (χ3v) is 22.2. The molecule has 0 aromatic heterocycles. The van der Waals surface area contributed by atoms with E-state index in [1.54, 1.807) is 0 Å². The summed E-state index contributed by atoms with van der Waals surface area (Å²) in [6, 6.07) is 0. The summed E-state index contributed by atoms with van der Waals surface area (Å²) in [5, 5.41) is 57.1. The van der Waals surface area contributed by atoms with Gasteiger partial charge in [0.15, 0.2) is 6.10 Å². The molecule has 8 saturated carbocycles. The van der Waals surface area contributed by atoms with Crippen molar-refractivity contribution in [3.63, 3.8) is 0 Å². The fraction of sp³-hybridized carbons (Fsp3) is 0.944. The molecular formula is C54H89NO9. The SMILES string of the molecule is C[C@H](CCC(=O)NCCCC[C@H](OC(=O)CC[C@@H](C)[C@H]1CC[C@H]2[C@@H]3[C@@H](O)C[C@@H]4C[C@H](O)CC[C@]4(C)[C@H]3CC[C@]12C)C(=O)O)[C@H]1CC[C@H]2[C@@H]3[C@@H](O)C[C@@H]4C[C@H](O)CC[C@]4(C)[C@H]3CC[C@]12C. The number of carboxylic acid groups (broad SMARTS) is 1. The van der Waals surface area contributed by atoms with E-state index in [1.165, 1.54) is 6.42 Å². The number of rotatable bonds is 15. The Morgan fingerprint density at radius 1 is 0.578 bits per heavy atom. The van der Waals surface area contributed by atoms with Crippen molar-refractivity contribution >= 4 is 17.8 Å². The fourth-order valence-electron chi connectivity index (χ4n) is 18.7. The first-order chi connectivity index (χ1) is 30.3. The van der Waals surface area contributed by atoms with E-state index in [4.69, 9.17) is 4.74 Å². The van der Waals surface area contributed by atoms with Crippen LogP contribution in [0, 0.1) is 92.7 Å². The number of carbonyl (C=O) groups is 3. The van der Waals surface area contributed by atoms with Crippen LogP contribution in [0.4, 0.5) is 0 Å². The van der Waals surface area contributed by atoms with E-state index in [0.29, 0.717) is 97.3 Å². The predicted molar refractivity (Wildman–Crippen MR) is 246 cm³/mol. The first-order valence-electron chi connectivity index (χ1n) is 26.7. The Labute approximate surface area is 385 Å². The molecule has 0 spiro atoms. The van der Waals surface area contributed by atoms with Crippen molar-refractivity contribution in [2.75, 3.05) is 6.54 Å². The molecule has 8 aliphatic carbocycles. The fourth-order valence-corrected chi connectivity index (χ4v) is 18.7. The zero-order chi connectivity index (χ0) is 45.9. The maximum absolute atomic E-state index is 13.1. The highest BCUT2D eigenvalue weighted by molar-refractivity contribution is 5.78. The predicted octanol–water partition coefficient (Wildman–Crippen LogP) is 9.08. The second kappa shape index (κ2) is 19.0. The van der Waals surface area contributed by atoms with E-state index in [9.17, 15) is 39.9 Å². The van der Waals surface area contributed by atoms with Crippen LogP contribution < -0.4 is 5.32 Å². The maximum Gasteiger partial charge on any atom is 0.345 e. The Balaban J connectivity index is 0.733. The van der Waals surface area contributed by atoms with Crippen molar-refractivity contribution in [2.45, 2.75) is 220 Å². The first-order valence-corrected chi connectivity index (χ1v) is 26.7. The number of aliphatic hydroxyl groups is 4. The summed E-state index contributed by atoms with van der Waals surface area (Å²) in [6.07, 6.45) is 17.6. The Hall–Kier alpha value is -1.75. The van der Waals surface area contributed by atoms with Crippen molar-refractivity contribution in [1.29, 1.82) is 0 Å². The van der Waals surface area contributed by atoms with Crippen molar-refractivity contribution in [2.24, 2.45) is 92.7 Å². The Morgan fingerprint density at radius 2 is 1.03 bits per heavy atom. The van der Waals surface area contributed by atoms with Crippen LogP contribution in [0.5, 0.6) is 0 Å². The highest BCUT2D eigenvalue weighted by Gasteiger charge is 2.64. The average Bonchev–Trinajstić information content (AvgIpc) is 3.79. The molecular weight excluding hydrogens is 807 g/mol. The lowest BCUT2D eigenvalue weighted by Gasteiger charge is -2.62. The Kier molecular flexibility index (Phi) is 14.4. The molecule has 0 unspecified atom stereocenters. The number of esters is 1. The number of carboxylic acids is 1. The minimum Gasteiger partial charge on any atom is -0.479 e. The van der Waals surface area contributed by atoms with Gasteiger partial charge in [-0.3, -0.25) is 9.59 Å². The van der Waals surface area contributed by atoms with Gasteiger partial charge < -0.3 is 35.6 Å². The monoisotopic (exact) mass is 896 g/mol. The molecule has 8 rings (SSSR count). The number of ether oxygens (including phenoxy) is 1. The standard InChI is InChI=1S/C54H89NO9/c1-31(37-12-14-39-48-41(20-24-53(37,39)5)51(3)22-18-35(56)27-33(51)29-43(48)58)10-16-46(60)55-26-8-7-9-45(50(62)63)64-47(61)17-11-32(2)38-13-15-40-49-42(21-25-54(38,40)6)52(4)23-19-36(57)28-34(52)30-44(49)59/h31-45,48-49,56-59H,7-30H2,1-6H3,(H,55,60)(H,62,63)/t31-,32-,33+,34+,35-,36-,37-,38-,39+,40+,41+,42+,43+,44+,45+,48+,49+,51+,52+,53-,54-/m1/s1. The van der Waals surface area contributed by atoms with Crippen LogP contribution in [-0.2, 0) is 19.1 Å². The second-order valence-electron chi connectivity index (χ2n) is 25.1. The molecule has 0 radical (unpaired) electrons. The van der Waals surface area contributed by atoms with E-state index in [1.807, 2.05) is 0 Å². The molecule has 21 atom stereocenters. The van der Waals surface area contributed by atoms with Crippen molar-refractivity contribution in [1.82, 2.24) is 5.32 Å². The molecule has 0 heterocycles. The van der Waals surface area contributed by atoms with Crippen LogP contribution in [0.1, 0.15) is 189 Å². The van der Waals surface area contributed by atoms with Gasteiger partial charge >= 0.3 is 11.9 Å². The van der Waals surface area contributed by atoms with Gasteiger partial charge in [0.2, 0.25) is 5.91 Å². The van der Waals surface area contributed by atoms with Gasteiger partial charge in [-0.2, -0.15) is 0 Å². The van der Waals surface area contributed by atoms with Gasteiger partial charge in [-0.15, -0.1) is 0 Å². The molecule has 6 N–H and O–H groups in total. The molecule has 364 valence electrons. The maximum atomic E-state index is 13.1. The normalized spacial score (nSPS) is 47.3. The van der Waals surface area contributed by atoms with E-state index >= 15 is 0 Å². The molecule has 8 aliphatic rings. The van der Waals surface area contributed by atoms with E-state index < -0.39 is 18.0 Å². The molecule has 8 fully saturated rings. The van der Waals surface area contributed by atoms with Gasteiger partial charge in [0.05, 0.1) is 24.4 Å². The topological polar surface area (TPSA) is 174 Å². The third-order valence-electron chi connectivity index (χ3n) is 22.2. The third kappa shape index (κ3) is 8.89. The summed E-state index contributed by atoms with van der Waals surface area (Å²) in [5.41, 5.74) is 0.706. The Morgan fingerprint density at radius 3 is 1.52 bits per heavy atom. The van der Waals surface area contributed by atoms with Crippen LogP contribution in [0.15, 0.2) is 0 Å². The molecule has 0 aromatic carbocycles. The van der Waals surface area contributed by atoms with Gasteiger partial charge in [-0.1, -0.05) is 41.5 Å². The number of nitrogens with one attached hydrogen (secondary N) is 1. The number of hydrogen-bond donors (Lipinski definition) is 6. The van der Waals surface area contributed by atoms with Crippen molar-refractivity contribution in [3.8, 4) is 0 Å². The minimum absolute atomic E-state index is 0.0324. The summed E-state index contributed by atoms with van der Waals surface area (Å²) >= 11 is 0. The summed E-state index contributed by atoms with van der Waals surface area (Å²) in [6.45, 7) is 14.9. The van der Waals surface area contributed by atoms with Crippen LogP contribution in [0.25, 0.3) is 0 Å². The van der Waals surface area contributed by atoms with Crippen LogP contribution in [0.2, 0.25) is 0 Å². The lowest BCUT2D eigenvalue weighted by molar-refractivity contribution is -0.174. The van der Waals surface area contributed by atoms with E-state index in [-0.39, 0.29) is 70.7 Å². The van der Waals surface area contributed by atoms with Crippen LogP contribution in [0.3, 0.4) is 0 Å². The van der Waals surface area contributed by atoms with E-state index in [0.717, 1.165) is 103 Å². The van der Waals surface area contributed by atoms with Crippen molar-refractivity contribution in [3.05, 3.63) is 0 Å². The Bertz CT molecular complexity index is 1670. The molecule has 64 heavy (non-hydrogen) atoms. The molecule has 10 heteroatoms.